The van der Waals surface area contributed by atoms with E-state index in [-0.39, 0.29) is 18.6 Å². The molecule has 7 heteroatoms. The van der Waals surface area contributed by atoms with Crippen LogP contribution in [0.2, 0.25) is 0 Å². The van der Waals surface area contributed by atoms with Crippen molar-refractivity contribution in [1.29, 1.82) is 0 Å². The minimum Gasteiger partial charge on any atom is -0.388 e. The monoisotopic (exact) mass is 331 g/mol. The van der Waals surface area contributed by atoms with Crippen molar-refractivity contribution >= 4 is 6.03 Å². The van der Waals surface area contributed by atoms with E-state index in [9.17, 15) is 9.90 Å². The van der Waals surface area contributed by atoms with Gasteiger partial charge in [-0.15, -0.1) is 5.10 Å². The van der Waals surface area contributed by atoms with Gasteiger partial charge in [-0.2, -0.15) is 0 Å². The maximum Gasteiger partial charge on any atom is 0.315 e. The lowest BCUT2D eigenvalue weighted by molar-refractivity contribution is 0.0349. The van der Waals surface area contributed by atoms with Gasteiger partial charge in [0.25, 0.3) is 0 Å². The molecule has 2 aromatic rings. The molecule has 1 aromatic heterocycles. The molecule has 7 nitrogen and oxygen atoms in total. The van der Waals surface area contributed by atoms with Gasteiger partial charge in [0, 0.05) is 6.54 Å². The summed E-state index contributed by atoms with van der Waals surface area (Å²) >= 11 is 0. The topological polar surface area (TPSA) is 92.1 Å². The maximum absolute atomic E-state index is 12.0. The molecular formula is C17H25N5O2. The van der Waals surface area contributed by atoms with Crippen LogP contribution in [-0.4, -0.2) is 38.3 Å². The molecule has 0 aliphatic rings. The van der Waals surface area contributed by atoms with Gasteiger partial charge in [0.15, 0.2) is 0 Å². The summed E-state index contributed by atoms with van der Waals surface area (Å²) in [5.41, 5.74) is 1.04. The fraction of sp³-hybridized carbons (Fsp3) is 0.471. The Morgan fingerprint density at radius 2 is 1.96 bits per heavy atom. The van der Waals surface area contributed by atoms with Gasteiger partial charge in [0.05, 0.1) is 29.7 Å². The number of hydrogen-bond donors (Lipinski definition) is 3. The first-order chi connectivity index (χ1) is 11.5. The molecule has 0 spiro atoms. The fourth-order valence-electron chi connectivity index (χ4n) is 2.34. The largest absolute Gasteiger partial charge is 0.388 e. The molecule has 0 bridgehead atoms. The number of carbonyl (C=O) groups is 1. The van der Waals surface area contributed by atoms with Gasteiger partial charge in [-0.1, -0.05) is 31.2 Å². The van der Waals surface area contributed by atoms with E-state index in [1.807, 2.05) is 45.0 Å². The number of hydrogen-bond acceptors (Lipinski definition) is 4. The van der Waals surface area contributed by atoms with Gasteiger partial charge in [-0.25, -0.2) is 9.48 Å². The van der Waals surface area contributed by atoms with Crippen LogP contribution in [0, 0.1) is 0 Å². The minimum atomic E-state index is -0.847. The second kappa shape index (κ2) is 7.92. The van der Waals surface area contributed by atoms with Crippen molar-refractivity contribution in [2.45, 2.75) is 45.3 Å². The van der Waals surface area contributed by atoms with E-state index >= 15 is 0 Å². The standard InChI is InChI=1S/C17H25N5O2/c1-4-17(24,5-2)12-18-16(23)20-13(3)14-6-8-15(9-7-14)22-11-10-19-21-22/h6-11,13,24H,4-5,12H2,1-3H3,(H2,18,20,23). The van der Waals surface area contributed by atoms with Gasteiger partial charge >= 0.3 is 6.03 Å². The number of rotatable bonds is 7. The van der Waals surface area contributed by atoms with Crippen LogP contribution in [0.5, 0.6) is 0 Å². The van der Waals surface area contributed by atoms with Crippen molar-refractivity contribution in [2.24, 2.45) is 0 Å². The first-order valence-electron chi connectivity index (χ1n) is 8.21. The summed E-state index contributed by atoms with van der Waals surface area (Å²) in [4.78, 5) is 12.0. The summed E-state index contributed by atoms with van der Waals surface area (Å²) in [5.74, 6) is 0. The third-order valence-electron chi connectivity index (χ3n) is 4.32. The van der Waals surface area contributed by atoms with Crippen LogP contribution >= 0.6 is 0 Å². The first-order valence-corrected chi connectivity index (χ1v) is 8.21. The molecule has 0 saturated heterocycles. The molecule has 1 heterocycles. The zero-order valence-corrected chi connectivity index (χ0v) is 14.4. The van der Waals surface area contributed by atoms with E-state index in [1.165, 1.54) is 0 Å². The normalized spacial score (nSPS) is 12.7. The van der Waals surface area contributed by atoms with Crippen LogP contribution in [0.25, 0.3) is 5.69 Å². The smallest absolute Gasteiger partial charge is 0.315 e. The van der Waals surface area contributed by atoms with Crippen molar-refractivity contribution in [3.63, 3.8) is 0 Å². The number of benzene rings is 1. The lowest BCUT2D eigenvalue weighted by Crippen LogP contribution is -2.46. The lowest BCUT2D eigenvalue weighted by Gasteiger charge is -2.26. The molecule has 24 heavy (non-hydrogen) atoms. The van der Waals surface area contributed by atoms with Crippen molar-refractivity contribution in [2.75, 3.05) is 6.54 Å². The van der Waals surface area contributed by atoms with E-state index in [0.29, 0.717) is 12.8 Å². The van der Waals surface area contributed by atoms with E-state index in [4.69, 9.17) is 0 Å². The molecule has 0 aliphatic carbocycles. The number of nitrogens with one attached hydrogen (secondary N) is 2. The SMILES string of the molecule is CCC(O)(CC)CNC(=O)NC(C)c1ccc(-n2ccnn2)cc1. The average molecular weight is 331 g/mol. The van der Waals surface area contributed by atoms with Gasteiger partial charge in [-0.3, -0.25) is 0 Å². The van der Waals surface area contributed by atoms with E-state index in [1.54, 1.807) is 17.1 Å². The molecular weight excluding hydrogens is 306 g/mol. The molecule has 0 saturated carbocycles. The molecule has 1 aromatic carbocycles. The van der Waals surface area contributed by atoms with Crippen molar-refractivity contribution < 1.29 is 9.90 Å². The van der Waals surface area contributed by atoms with Crippen molar-refractivity contribution in [1.82, 2.24) is 25.6 Å². The Labute approximate surface area is 142 Å². The molecule has 130 valence electrons. The fourth-order valence-corrected chi connectivity index (χ4v) is 2.34. The predicted molar refractivity (Wildman–Crippen MR) is 91.8 cm³/mol. The second-order valence-corrected chi connectivity index (χ2v) is 5.92. The Kier molecular flexibility index (Phi) is 5.92. The highest BCUT2D eigenvalue weighted by Crippen LogP contribution is 2.16. The maximum atomic E-state index is 12.0. The Balaban J connectivity index is 1.90. The zero-order valence-electron chi connectivity index (χ0n) is 14.4. The average Bonchev–Trinajstić information content (AvgIpc) is 3.14. The second-order valence-electron chi connectivity index (χ2n) is 5.92. The first kappa shape index (κ1) is 17.9. The summed E-state index contributed by atoms with van der Waals surface area (Å²) in [6.07, 6.45) is 4.59. The predicted octanol–water partition coefficient (Wildman–Crippen LogP) is 2.18. The Morgan fingerprint density at radius 3 is 2.50 bits per heavy atom. The number of urea groups is 1. The Morgan fingerprint density at radius 1 is 1.29 bits per heavy atom. The Hall–Kier alpha value is -2.41. The van der Waals surface area contributed by atoms with Crippen LogP contribution in [0.3, 0.4) is 0 Å². The molecule has 2 amide bonds. The summed E-state index contributed by atoms with van der Waals surface area (Å²) in [7, 11) is 0. The molecule has 1 atom stereocenters. The zero-order chi connectivity index (χ0) is 17.6. The van der Waals surface area contributed by atoms with Gasteiger partial charge in [0.2, 0.25) is 0 Å². The Bertz CT molecular complexity index is 636. The van der Waals surface area contributed by atoms with Crippen LogP contribution in [0.4, 0.5) is 4.79 Å². The lowest BCUT2D eigenvalue weighted by atomic mass is 9.98. The number of carbonyl (C=O) groups excluding carboxylic acids is 1. The van der Waals surface area contributed by atoms with Crippen molar-refractivity contribution in [3.05, 3.63) is 42.2 Å². The molecule has 0 radical (unpaired) electrons. The van der Waals surface area contributed by atoms with E-state index < -0.39 is 5.60 Å². The highest BCUT2D eigenvalue weighted by atomic mass is 16.3. The summed E-state index contributed by atoms with van der Waals surface area (Å²) in [5, 5.41) is 23.5. The van der Waals surface area contributed by atoms with Crippen LogP contribution in [0.15, 0.2) is 36.7 Å². The molecule has 1 unspecified atom stereocenters. The molecule has 0 fully saturated rings. The van der Waals surface area contributed by atoms with Gasteiger partial charge in [0.1, 0.15) is 0 Å². The number of amides is 2. The number of nitrogens with zero attached hydrogens (tertiary/aromatic N) is 3. The summed E-state index contributed by atoms with van der Waals surface area (Å²) < 4.78 is 1.67. The highest BCUT2D eigenvalue weighted by molar-refractivity contribution is 5.74. The summed E-state index contributed by atoms with van der Waals surface area (Å²) in [6, 6.07) is 7.29. The third-order valence-corrected chi connectivity index (χ3v) is 4.32. The molecule has 0 aliphatic heterocycles. The van der Waals surface area contributed by atoms with Gasteiger partial charge in [-0.05, 0) is 37.5 Å². The van der Waals surface area contributed by atoms with E-state index in [2.05, 4.69) is 20.9 Å². The van der Waals surface area contributed by atoms with E-state index in [0.717, 1.165) is 11.3 Å². The third kappa shape index (κ3) is 4.55. The molecule has 3 N–H and O–H groups in total. The minimum absolute atomic E-state index is 0.147. The number of aromatic nitrogens is 3. The van der Waals surface area contributed by atoms with Crippen molar-refractivity contribution in [3.8, 4) is 5.69 Å². The van der Waals surface area contributed by atoms with Crippen LogP contribution in [-0.2, 0) is 0 Å². The van der Waals surface area contributed by atoms with Gasteiger partial charge < -0.3 is 15.7 Å². The number of aliphatic hydroxyl groups is 1. The molecule has 2 rings (SSSR count). The summed E-state index contributed by atoms with van der Waals surface area (Å²) in [6.45, 7) is 5.96. The highest BCUT2D eigenvalue weighted by Gasteiger charge is 2.23. The van der Waals surface area contributed by atoms with Crippen LogP contribution in [0.1, 0.15) is 45.2 Å². The quantitative estimate of drug-likeness (QED) is 0.725. The van der Waals surface area contributed by atoms with Crippen LogP contribution < -0.4 is 10.6 Å².